The number of nitrogens with zero attached hydrogens (tertiary/aromatic N) is 1. The zero-order valence-corrected chi connectivity index (χ0v) is 16.4. The molecule has 1 unspecified atom stereocenters. The van der Waals surface area contributed by atoms with Crippen molar-refractivity contribution in [3.05, 3.63) is 35.4 Å². The number of carbonyl (C=O) groups is 1. The lowest BCUT2D eigenvalue weighted by molar-refractivity contribution is -0.183. The van der Waals surface area contributed by atoms with E-state index in [1.54, 1.807) is 0 Å². The van der Waals surface area contributed by atoms with E-state index in [1.807, 2.05) is 0 Å². The number of carbonyl (C=O) groups excluding carboxylic acids is 1. The number of rotatable bonds is 6. The van der Waals surface area contributed by atoms with Crippen LogP contribution in [0.3, 0.4) is 0 Å². The van der Waals surface area contributed by atoms with Crippen LogP contribution in [0.5, 0.6) is 0 Å². The first-order chi connectivity index (χ1) is 12.1. The minimum atomic E-state index is -4.44. The Morgan fingerprint density at radius 3 is 2.26 bits per heavy atom. The summed E-state index contributed by atoms with van der Waals surface area (Å²) in [5, 5.41) is 5.33. The molecule has 2 N–H and O–H groups in total. The molecule has 0 bridgehead atoms. The molecular weight excluding hydrogens is 407 g/mol. The molecule has 154 valence electrons. The SMILES string of the molecule is CS(=O)(=O)Cc1ccc(C(=O)NCC(N2CCNCC2)C(F)(F)F)cc1.Cl. The molecule has 1 aromatic rings. The summed E-state index contributed by atoms with van der Waals surface area (Å²) in [4.78, 5) is 13.4. The van der Waals surface area contributed by atoms with Crippen LogP contribution < -0.4 is 10.6 Å². The number of nitrogens with one attached hydrogen (secondary N) is 2. The van der Waals surface area contributed by atoms with Gasteiger partial charge in [0.1, 0.15) is 6.04 Å². The maximum Gasteiger partial charge on any atom is 0.405 e. The highest BCUT2D eigenvalue weighted by atomic mass is 35.5. The van der Waals surface area contributed by atoms with Crippen LogP contribution in [-0.4, -0.2) is 70.4 Å². The third-order valence-electron chi connectivity index (χ3n) is 4.07. The molecule has 1 aliphatic heterocycles. The first-order valence-corrected chi connectivity index (χ1v) is 10.2. The Hall–Kier alpha value is -1.36. The Kier molecular flexibility index (Phi) is 8.52. The zero-order valence-electron chi connectivity index (χ0n) is 14.8. The van der Waals surface area contributed by atoms with E-state index >= 15 is 0 Å². The molecule has 1 saturated heterocycles. The van der Waals surface area contributed by atoms with Crippen molar-refractivity contribution >= 4 is 28.2 Å². The Balaban J connectivity index is 0.00000364. The van der Waals surface area contributed by atoms with Crippen molar-refractivity contribution in [3.8, 4) is 0 Å². The quantitative estimate of drug-likeness (QED) is 0.711. The Bertz CT molecular complexity index is 721. The number of halogens is 4. The Morgan fingerprint density at radius 1 is 1.22 bits per heavy atom. The average molecular weight is 430 g/mol. The van der Waals surface area contributed by atoms with Crippen LogP contribution in [0.2, 0.25) is 0 Å². The molecule has 1 atom stereocenters. The van der Waals surface area contributed by atoms with Gasteiger partial charge in [0.05, 0.1) is 5.75 Å². The van der Waals surface area contributed by atoms with Gasteiger partial charge in [-0.25, -0.2) is 8.42 Å². The van der Waals surface area contributed by atoms with Crippen molar-refractivity contribution in [1.82, 2.24) is 15.5 Å². The van der Waals surface area contributed by atoms with Crippen molar-refractivity contribution in [3.63, 3.8) is 0 Å². The van der Waals surface area contributed by atoms with E-state index in [0.717, 1.165) is 6.26 Å². The summed E-state index contributed by atoms with van der Waals surface area (Å²) in [6.45, 7) is 0.943. The summed E-state index contributed by atoms with van der Waals surface area (Å²) in [7, 11) is -3.20. The topological polar surface area (TPSA) is 78.5 Å². The summed E-state index contributed by atoms with van der Waals surface area (Å²) in [6, 6.07) is 4.03. The highest BCUT2D eigenvalue weighted by Gasteiger charge is 2.43. The van der Waals surface area contributed by atoms with Crippen molar-refractivity contribution in [2.75, 3.05) is 39.0 Å². The third kappa shape index (κ3) is 7.65. The van der Waals surface area contributed by atoms with Gasteiger partial charge < -0.3 is 10.6 Å². The monoisotopic (exact) mass is 429 g/mol. The summed E-state index contributed by atoms with van der Waals surface area (Å²) >= 11 is 0. The van der Waals surface area contributed by atoms with Crippen LogP contribution in [0.4, 0.5) is 13.2 Å². The smallest absolute Gasteiger partial charge is 0.350 e. The molecule has 1 heterocycles. The van der Waals surface area contributed by atoms with Gasteiger partial charge in [-0.05, 0) is 17.7 Å². The molecule has 11 heteroatoms. The van der Waals surface area contributed by atoms with E-state index in [4.69, 9.17) is 0 Å². The number of amides is 1. The van der Waals surface area contributed by atoms with Gasteiger partial charge in [-0.2, -0.15) is 13.2 Å². The molecule has 1 aromatic carbocycles. The molecule has 0 radical (unpaired) electrons. The molecule has 1 amide bonds. The van der Waals surface area contributed by atoms with Gasteiger partial charge in [0, 0.05) is 44.5 Å². The number of alkyl halides is 3. The number of hydrogen-bond donors (Lipinski definition) is 2. The predicted molar refractivity (Wildman–Crippen MR) is 98.9 cm³/mol. The van der Waals surface area contributed by atoms with E-state index in [9.17, 15) is 26.4 Å². The number of piperazine rings is 1. The van der Waals surface area contributed by atoms with Crippen molar-refractivity contribution in [2.45, 2.75) is 18.0 Å². The van der Waals surface area contributed by atoms with E-state index < -0.39 is 34.5 Å². The largest absolute Gasteiger partial charge is 0.405 e. The second kappa shape index (κ2) is 9.72. The fourth-order valence-corrected chi connectivity index (χ4v) is 3.59. The molecular formula is C16H23ClF3N3O3S. The summed E-state index contributed by atoms with van der Waals surface area (Å²) in [6.07, 6.45) is -3.34. The van der Waals surface area contributed by atoms with Crippen LogP contribution >= 0.6 is 12.4 Å². The standard InChI is InChI=1S/C16H22F3N3O3S.ClH/c1-26(24,25)11-12-2-4-13(5-3-12)15(23)21-10-14(16(17,18)19)22-8-6-20-7-9-22;/h2-5,14,20H,6-11H2,1H3,(H,21,23);1H. The maximum absolute atomic E-state index is 13.3. The van der Waals surface area contributed by atoms with Gasteiger partial charge in [0.2, 0.25) is 0 Å². The second-order valence-corrected chi connectivity index (χ2v) is 8.46. The average Bonchev–Trinajstić information content (AvgIpc) is 2.54. The lowest BCUT2D eigenvalue weighted by Gasteiger charge is -2.35. The van der Waals surface area contributed by atoms with Crippen LogP contribution in [0, 0.1) is 0 Å². The number of hydrogen-bond acceptors (Lipinski definition) is 5. The molecule has 0 aromatic heterocycles. The fourth-order valence-electron chi connectivity index (χ4n) is 2.79. The molecule has 0 saturated carbocycles. The van der Waals surface area contributed by atoms with Crippen LogP contribution in [0.25, 0.3) is 0 Å². The van der Waals surface area contributed by atoms with E-state index in [1.165, 1.54) is 29.2 Å². The van der Waals surface area contributed by atoms with Crippen molar-refractivity contribution < 1.29 is 26.4 Å². The van der Waals surface area contributed by atoms with Crippen molar-refractivity contribution in [2.24, 2.45) is 0 Å². The highest BCUT2D eigenvalue weighted by Crippen LogP contribution is 2.24. The highest BCUT2D eigenvalue weighted by molar-refractivity contribution is 7.89. The van der Waals surface area contributed by atoms with Gasteiger partial charge >= 0.3 is 6.18 Å². The van der Waals surface area contributed by atoms with Crippen LogP contribution in [0.1, 0.15) is 15.9 Å². The van der Waals surface area contributed by atoms with E-state index in [-0.39, 0.29) is 36.8 Å². The summed E-state index contributed by atoms with van der Waals surface area (Å²) in [5.74, 6) is -0.783. The number of benzene rings is 1. The number of sulfone groups is 1. The Labute approximate surface area is 162 Å². The fraction of sp³-hybridized carbons (Fsp3) is 0.562. The first kappa shape index (κ1) is 23.7. The van der Waals surface area contributed by atoms with Gasteiger partial charge in [-0.15, -0.1) is 12.4 Å². The van der Waals surface area contributed by atoms with E-state index in [0.29, 0.717) is 18.7 Å². The molecule has 2 rings (SSSR count). The Morgan fingerprint density at radius 2 is 1.78 bits per heavy atom. The molecule has 0 aliphatic carbocycles. The summed E-state index contributed by atoms with van der Waals surface area (Å²) < 4.78 is 62.4. The molecule has 1 aliphatic rings. The summed E-state index contributed by atoms with van der Waals surface area (Å²) in [5.41, 5.74) is 0.696. The predicted octanol–water partition coefficient (Wildman–Crippen LogP) is 1.22. The van der Waals surface area contributed by atoms with Gasteiger partial charge in [-0.1, -0.05) is 12.1 Å². The van der Waals surface area contributed by atoms with Gasteiger partial charge in [0.15, 0.2) is 9.84 Å². The van der Waals surface area contributed by atoms with Crippen LogP contribution in [-0.2, 0) is 15.6 Å². The normalized spacial score (nSPS) is 17.0. The molecule has 6 nitrogen and oxygen atoms in total. The lowest BCUT2D eigenvalue weighted by atomic mass is 10.1. The lowest BCUT2D eigenvalue weighted by Crippen LogP contribution is -2.57. The minimum Gasteiger partial charge on any atom is -0.350 e. The van der Waals surface area contributed by atoms with Gasteiger partial charge in [-0.3, -0.25) is 9.69 Å². The van der Waals surface area contributed by atoms with Crippen LogP contribution in [0.15, 0.2) is 24.3 Å². The van der Waals surface area contributed by atoms with Crippen molar-refractivity contribution in [1.29, 1.82) is 0 Å². The minimum absolute atomic E-state index is 0. The maximum atomic E-state index is 13.3. The molecule has 0 spiro atoms. The first-order valence-electron chi connectivity index (χ1n) is 8.12. The third-order valence-corrected chi connectivity index (χ3v) is 4.93. The molecule has 1 fully saturated rings. The zero-order chi connectivity index (χ0) is 19.4. The second-order valence-electron chi connectivity index (χ2n) is 6.32. The molecule has 27 heavy (non-hydrogen) atoms. The van der Waals surface area contributed by atoms with Gasteiger partial charge in [0.25, 0.3) is 5.91 Å². The van der Waals surface area contributed by atoms with E-state index in [2.05, 4.69) is 10.6 Å².